The van der Waals surface area contributed by atoms with Crippen molar-refractivity contribution in [3.8, 4) is 0 Å². The smallest absolute Gasteiger partial charge is 0.227 e. The number of anilines is 2. The van der Waals surface area contributed by atoms with Crippen LogP contribution in [0.1, 0.15) is 77.2 Å². The Hall–Kier alpha value is -1.98. The maximum Gasteiger partial charge on any atom is 0.227 e. The van der Waals surface area contributed by atoms with Crippen molar-refractivity contribution < 1.29 is 8.42 Å². The predicted molar refractivity (Wildman–Crippen MR) is 134 cm³/mol. The summed E-state index contributed by atoms with van der Waals surface area (Å²) in [5.41, 5.74) is 7.77. The molecule has 0 bridgehead atoms. The number of nitrogens with one attached hydrogen (secondary N) is 2. The second-order valence-electron chi connectivity index (χ2n) is 10.1. The van der Waals surface area contributed by atoms with Crippen LogP contribution < -0.4 is 16.4 Å². The Labute approximate surface area is 202 Å². The quantitative estimate of drug-likeness (QED) is 0.540. The molecule has 11 heteroatoms. The van der Waals surface area contributed by atoms with E-state index >= 15 is 0 Å². The molecule has 5 rings (SSSR count). The Morgan fingerprint density at radius 2 is 1.65 bits per heavy atom. The van der Waals surface area contributed by atoms with Gasteiger partial charge in [-0.05, 0) is 58.3 Å². The molecule has 2 aliphatic carbocycles. The van der Waals surface area contributed by atoms with E-state index in [1.165, 1.54) is 12.8 Å². The van der Waals surface area contributed by atoms with Gasteiger partial charge in [-0.15, -0.1) is 0 Å². The molecule has 0 spiro atoms. The molecule has 0 aromatic carbocycles. The zero-order valence-electron chi connectivity index (χ0n) is 20.1. The number of imidazole rings is 1. The highest BCUT2D eigenvalue weighted by molar-refractivity contribution is 7.89. The third kappa shape index (κ3) is 5.01. The highest BCUT2D eigenvalue weighted by Crippen LogP contribution is 2.34. The van der Waals surface area contributed by atoms with Gasteiger partial charge in [0.1, 0.15) is 0 Å². The van der Waals surface area contributed by atoms with Crippen LogP contribution >= 0.6 is 0 Å². The van der Waals surface area contributed by atoms with Crippen LogP contribution in [-0.4, -0.2) is 69.2 Å². The summed E-state index contributed by atoms with van der Waals surface area (Å²) >= 11 is 0. The lowest BCUT2D eigenvalue weighted by Gasteiger charge is -2.31. The Balaban J connectivity index is 1.38. The third-order valence-corrected chi connectivity index (χ3v) is 9.68. The van der Waals surface area contributed by atoms with Crippen molar-refractivity contribution >= 4 is 33.0 Å². The van der Waals surface area contributed by atoms with E-state index in [4.69, 9.17) is 20.7 Å². The number of hydrogen-bond acceptors (Lipinski definition) is 8. The largest absolute Gasteiger partial charge is 0.365 e. The molecule has 1 aliphatic heterocycles. The maximum atomic E-state index is 12.2. The lowest BCUT2D eigenvalue weighted by atomic mass is 9.92. The number of sulfonamides is 1. The zero-order valence-corrected chi connectivity index (χ0v) is 20.9. The van der Waals surface area contributed by atoms with Crippen molar-refractivity contribution in [2.24, 2.45) is 5.73 Å². The standard InChI is InChI=1S/C23H38N8O2S/c1-2-34(32,33)30-13-11-18(12-14-30)26-21-20-22(31(15-25-20)19-5-3-4-6-19)29-23(28-21)27-17-9-7-16(24)8-10-17/h15-19H,2-14,24H2,1H3,(H2,26,27,28,29)/t16-,17-. The Morgan fingerprint density at radius 1 is 0.971 bits per heavy atom. The summed E-state index contributed by atoms with van der Waals surface area (Å²) in [4.78, 5) is 14.5. The predicted octanol–water partition coefficient (Wildman–Crippen LogP) is 2.85. The monoisotopic (exact) mass is 490 g/mol. The Kier molecular flexibility index (Phi) is 6.95. The van der Waals surface area contributed by atoms with Crippen LogP contribution in [0.2, 0.25) is 0 Å². The van der Waals surface area contributed by atoms with E-state index in [0.717, 1.165) is 68.3 Å². The minimum Gasteiger partial charge on any atom is -0.365 e. The molecule has 10 nitrogen and oxygen atoms in total. The first kappa shape index (κ1) is 23.7. The van der Waals surface area contributed by atoms with E-state index in [2.05, 4.69) is 15.2 Å². The average Bonchev–Trinajstić information content (AvgIpc) is 3.51. The Bertz CT molecular complexity index is 1080. The first-order valence-corrected chi connectivity index (χ1v) is 14.5. The number of hydrogen-bond donors (Lipinski definition) is 3. The number of piperidine rings is 1. The highest BCUT2D eigenvalue weighted by Gasteiger charge is 2.29. The lowest BCUT2D eigenvalue weighted by Crippen LogP contribution is -2.43. The van der Waals surface area contributed by atoms with Crippen molar-refractivity contribution in [2.75, 3.05) is 29.5 Å². The first-order chi connectivity index (χ1) is 16.4. The molecule has 188 valence electrons. The molecular formula is C23H38N8O2S. The minimum atomic E-state index is -3.14. The molecule has 3 fully saturated rings. The van der Waals surface area contributed by atoms with Crippen LogP contribution in [0.4, 0.5) is 11.8 Å². The van der Waals surface area contributed by atoms with Crippen LogP contribution in [0.15, 0.2) is 6.33 Å². The van der Waals surface area contributed by atoms with Crippen molar-refractivity contribution in [3.63, 3.8) is 0 Å². The fourth-order valence-electron chi connectivity index (χ4n) is 5.63. The van der Waals surface area contributed by atoms with E-state index in [0.29, 0.717) is 37.2 Å². The molecule has 3 aliphatic rings. The summed E-state index contributed by atoms with van der Waals surface area (Å²) in [5.74, 6) is 1.53. The molecule has 0 radical (unpaired) electrons. The van der Waals surface area contributed by atoms with Crippen LogP contribution in [-0.2, 0) is 10.0 Å². The molecule has 34 heavy (non-hydrogen) atoms. The van der Waals surface area contributed by atoms with E-state index in [1.807, 2.05) is 6.33 Å². The summed E-state index contributed by atoms with van der Waals surface area (Å²) < 4.78 is 28.3. The van der Waals surface area contributed by atoms with Crippen LogP contribution in [0.5, 0.6) is 0 Å². The fraction of sp³-hybridized carbons (Fsp3) is 0.783. The topological polar surface area (TPSA) is 131 Å². The van der Waals surface area contributed by atoms with Gasteiger partial charge in [0.15, 0.2) is 17.0 Å². The molecule has 0 atom stereocenters. The minimum absolute atomic E-state index is 0.150. The third-order valence-electron chi connectivity index (χ3n) is 7.80. The zero-order chi connectivity index (χ0) is 23.7. The fourth-order valence-corrected chi connectivity index (χ4v) is 6.76. The van der Waals surface area contributed by atoms with Gasteiger partial charge in [0.25, 0.3) is 0 Å². The molecule has 1 saturated heterocycles. The van der Waals surface area contributed by atoms with Gasteiger partial charge in [0.05, 0.1) is 12.1 Å². The number of rotatable bonds is 7. The molecule has 2 aromatic rings. The maximum absolute atomic E-state index is 12.2. The molecule has 0 unspecified atom stereocenters. The van der Waals surface area contributed by atoms with Crippen LogP contribution in [0.25, 0.3) is 11.2 Å². The lowest BCUT2D eigenvalue weighted by molar-refractivity contribution is 0.330. The second kappa shape index (κ2) is 9.94. The second-order valence-corrected chi connectivity index (χ2v) is 12.4. The highest BCUT2D eigenvalue weighted by atomic mass is 32.2. The van der Waals surface area contributed by atoms with E-state index in [9.17, 15) is 8.42 Å². The van der Waals surface area contributed by atoms with Gasteiger partial charge < -0.3 is 20.9 Å². The molecule has 2 saturated carbocycles. The van der Waals surface area contributed by atoms with Gasteiger partial charge in [0, 0.05) is 37.3 Å². The summed E-state index contributed by atoms with van der Waals surface area (Å²) in [5, 5.41) is 7.16. The average molecular weight is 491 g/mol. The van der Waals surface area contributed by atoms with E-state index in [1.54, 1.807) is 11.2 Å². The Morgan fingerprint density at radius 3 is 2.32 bits per heavy atom. The summed E-state index contributed by atoms with van der Waals surface area (Å²) in [7, 11) is -3.14. The first-order valence-electron chi connectivity index (χ1n) is 12.9. The van der Waals surface area contributed by atoms with Crippen LogP contribution in [0.3, 0.4) is 0 Å². The van der Waals surface area contributed by atoms with E-state index < -0.39 is 10.0 Å². The molecule has 2 aromatic heterocycles. The van der Waals surface area contributed by atoms with Crippen molar-refractivity contribution in [1.29, 1.82) is 0 Å². The van der Waals surface area contributed by atoms with Gasteiger partial charge in [-0.3, -0.25) is 0 Å². The summed E-state index contributed by atoms with van der Waals surface area (Å²) in [6.07, 6.45) is 12.3. The van der Waals surface area contributed by atoms with Crippen LogP contribution in [0, 0.1) is 0 Å². The summed E-state index contributed by atoms with van der Waals surface area (Å²) in [6, 6.07) is 1.22. The normalized spacial score (nSPS) is 25.7. The molecule has 0 amide bonds. The van der Waals surface area contributed by atoms with Gasteiger partial charge >= 0.3 is 0 Å². The number of fused-ring (bicyclic) bond motifs is 1. The number of nitrogens with zero attached hydrogens (tertiary/aromatic N) is 5. The van der Waals surface area contributed by atoms with Gasteiger partial charge in [-0.25, -0.2) is 17.7 Å². The van der Waals surface area contributed by atoms with Crippen molar-refractivity contribution in [2.45, 2.75) is 95.3 Å². The van der Waals surface area contributed by atoms with Crippen molar-refractivity contribution in [1.82, 2.24) is 23.8 Å². The molecule has 3 heterocycles. The van der Waals surface area contributed by atoms with Gasteiger partial charge in [-0.2, -0.15) is 9.97 Å². The summed E-state index contributed by atoms with van der Waals surface area (Å²) in [6.45, 7) is 2.77. The number of aromatic nitrogens is 4. The van der Waals surface area contributed by atoms with Gasteiger partial charge in [0.2, 0.25) is 16.0 Å². The van der Waals surface area contributed by atoms with Crippen molar-refractivity contribution in [3.05, 3.63) is 6.33 Å². The van der Waals surface area contributed by atoms with Gasteiger partial charge in [-0.1, -0.05) is 12.8 Å². The molecular weight excluding hydrogens is 452 g/mol. The number of nitrogens with two attached hydrogens (primary N) is 1. The molecule has 4 N–H and O–H groups in total. The SMILES string of the molecule is CCS(=O)(=O)N1CCC(Nc2nc(N[C@H]3CC[C@H](N)CC3)nc3c2ncn3C2CCCC2)CC1. The van der Waals surface area contributed by atoms with E-state index in [-0.39, 0.29) is 11.8 Å².